The van der Waals surface area contributed by atoms with E-state index in [0.717, 1.165) is 41.4 Å². The van der Waals surface area contributed by atoms with Crippen LogP contribution in [-0.4, -0.2) is 41.5 Å². The van der Waals surface area contributed by atoms with Crippen molar-refractivity contribution in [3.63, 3.8) is 0 Å². The Labute approximate surface area is 154 Å². The summed E-state index contributed by atoms with van der Waals surface area (Å²) in [5.41, 5.74) is 2.96. The maximum absolute atomic E-state index is 12.3. The molecule has 1 aliphatic rings. The number of rotatable bonds is 6. The highest BCUT2D eigenvalue weighted by Crippen LogP contribution is 2.31. The van der Waals surface area contributed by atoms with Crippen molar-refractivity contribution in [2.75, 3.05) is 20.7 Å². The number of carbonyl (C=O) groups is 1. The minimum atomic E-state index is -0.0236. The molecule has 1 atom stereocenters. The first kappa shape index (κ1) is 18.3. The van der Waals surface area contributed by atoms with Crippen LogP contribution in [0.4, 0.5) is 0 Å². The first-order chi connectivity index (χ1) is 12.6. The summed E-state index contributed by atoms with van der Waals surface area (Å²) in [5.74, 6) is 1.50. The summed E-state index contributed by atoms with van der Waals surface area (Å²) in [6, 6.07) is 7.88. The molecule has 1 fully saturated rings. The number of benzene rings is 1. The van der Waals surface area contributed by atoms with Crippen LogP contribution in [0, 0.1) is 6.92 Å². The number of aryl methyl sites for hydroxylation is 1. The third-order valence-corrected chi connectivity index (χ3v) is 4.83. The molecule has 6 nitrogen and oxygen atoms in total. The van der Waals surface area contributed by atoms with Gasteiger partial charge in [0.15, 0.2) is 0 Å². The molecule has 0 unspecified atom stereocenters. The fourth-order valence-electron chi connectivity index (χ4n) is 3.42. The van der Waals surface area contributed by atoms with Crippen molar-refractivity contribution in [3.05, 3.63) is 53.1 Å². The number of carbonyl (C=O) groups excluding carboxylic acids is 1. The number of methoxy groups -OCH3 is 1. The Kier molecular flexibility index (Phi) is 5.83. The van der Waals surface area contributed by atoms with Gasteiger partial charge in [-0.2, -0.15) is 0 Å². The van der Waals surface area contributed by atoms with Crippen molar-refractivity contribution in [2.24, 2.45) is 0 Å². The Balaban J connectivity index is 1.66. The molecule has 1 aliphatic heterocycles. The molecule has 6 heteroatoms. The lowest BCUT2D eigenvalue weighted by Crippen LogP contribution is -2.27. The largest absolute Gasteiger partial charge is 0.497 e. The van der Waals surface area contributed by atoms with E-state index in [1.54, 1.807) is 7.11 Å². The van der Waals surface area contributed by atoms with E-state index in [2.05, 4.69) is 27.2 Å². The van der Waals surface area contributed by atoms with Gasteiger partial charge in [0.25, 0.3) is 0 Å². The quantitative estimate of drug-likeness (QED) is 0.863. The number of nitrogens with zero attached hydrogens (tertiary/aromatic N) is 3. The predicted molar refractivity (Wildman–Crippen MR) is 99.9 cm³/mol. The van der Waals surface area contributed by atoms with Gasteiger partial charge in [-0.1, -0.05) is 12.1 Å². The van der Waals surface area contributed by atoms with Crippen LogP contribution < -0.4 is 10.1 Å². The van der Waals surface area contributed by atoms with E-state index in [-0.39, 0.29) is 5.91 Å². The van der Waals surface area contributed by atoms with Crippen molar-refractivity contribution in [1.29, 1.82) is 0 Å². The number of hydrogen-bond donors (Lipinski definition) is 1. The second-order valence-corrected chi connectivity index (χ2v) is 6.77. The van der Waals surface area contributed by atoms with Crippen LogP contribution in [0.2, 0.25) is 0 Å². The number of likely N-dealkylation sites (tertiary alicyclic amines) is 1. The van der Waals surface area contributed by atoms with Crippen LogP contribution in [0.1, 0.15) is 41.5 Å². The number of ether oxygens (including phenoxy) is 1. The fourth-order valence-corrected chi connectivity index (χ4v) is 3.42. The Morgan fingerprint density at radius 1 is 1.42 bits per heavy atom. The van der Waals surface area contributed by atoms with Gasteiger partial charge >= 0.3 is 0 Å². The topological polar surface area (TPSA) is 67.3 Å². The summed E-state index contributed by atoms with van der Waals surface area (Å²) in [6.07, 6.45) is 4.43. The maximum Gasteiger partial charge on any atom is 0.224 e. The van der Waals surface area contributed by atoms with Crippen molar-refractivity contribution in [2.45, 2.75) is 38.8 Å². The molecule has 0 radical (unpaired) electrons. The van der Waals surface area contributed by atoms with Crippen molar-refractivity contribution in [1.82, 2.24) is 20.2 Å². The Morgan fingerprint density at radius 2 is 2.27 bits per heavy atom. The second-order valence-electron chi connectivity index (χ2n) is 6.77. The van der Waals surface area contributed by atoms with Gasteiger partial charge in [0.2, 0.25) is 5.91 Å². The van der Waals surface area contributed by atoms with Gasteiger partial charge < -0.3 is 10.1 Å². The van der Waals surface area contributed by atoms with E-state index in [0.29, 0.717) is 19.0 Å². The Morgan fingerprint density at radius 3 is 3.00 bits per heavy atom. The van der Waals surface area contributed by atoms with Gasteiger partial charge in [0, 0.05) is 18.3 Å². The summed E-state index contributed by atoms with van der Waals surface area (Å²) in [5, 5.41) is 3.00. The molecule has 2 heterocycles. The molecule has 1 aromatic carbocycles. The average molecular weight is 354 g/mol. The number of amides is 1. The monoisotopic (exact) mass is 354 g/mol. The van der Waals surface area contributed by atoms with Crippen molar-refractivity contribution in [3.8, 4) is 5.75 Å². The lowest BCUT2D eigenvalue weighted by Gasteiger charge is -2.21. The van der Waals surface area contributed by atoms with Crippen molar-refractivity contribution < 1.29 is 9.53 Å². The molecule has 0 spiro atoms. The molecule has 3 rings (SSSR count). The highest BCUT2D eigenvalue weighted by molar-refractivity contribution is 5.78. The first-order valence-corrected chi connectivity index (χ1v) is 8.99. The Hall–Kier alpha value is -2.47. The minimum Gasteiger partial charge on any atom is -0.497 e. The maximum atomic E-state index is 12.3. The zero-order valence-corrected chi connectivity index (χ0v) is 15.7. The van der Waals surface area contributed by atoms with Crippen LogP contribution >= 0.6 is 0 Å². The third kappa shape index (κ3) is 4.38. The molecule has 0 saturated carbocycles. The van der Waals surface area contributed by atoms with Gasteiger partial charge in [-0.15, -0.1) is 0 Å². The number of aromatic nitrogens is 2. The minimum absolute atomic E-state index is 0.0236. The van der Waals surface area contributed by atoms with Gasteiger partial charge in [-0.25, -0.2) is 9.97 Å². The van der Waals surface area contributed by atoms with Crippen LogP contribution in [-0.2, 0) is 17.8 Å². The van der Waals surface area contributed by atoms with Gasteiger partial charge in [0.1, 0.15) is 11.6 Å². The lowest BCUT2D eigenvalue weighted by atomic mass is 10.1. The summed E-state index contributed by atoms with van der Waals surface area (Å²) >= 11 is 0. The molecular weight excluding hydrogens is 328 g/mol. The molecule has 1 N–H and O–H groups in total. The molecule has 1 amide bonds. The molecule has 138 valence electrons. The van der Waals surface area contributed by atoms with Crippen LogP contribution in [0.3, 0.4) is 0 Å². The van der Waals surface area contributed by atoms with Crippen molar-refractivity contribution >= 4 is 5.91 Å². The van der Waals surface area contributed by atoms with E-state index in [9.17, 15) is 4.79 Å². The fraction of sp³-hybridized carbons (Fsp3) is 0.450. The molecule has 1 aromatic heterocycles. The van der Waals surface area contributed by atoms with E-state index >= 15 is 0 Å². The third-order valence-electron chi connectivity index (χ3n) is 4.83. The number of hydrogen-bond acceptors (Lipinski definition) is 5. The zero-order chi connectivity index (χ0) is 18.5. The summed E-state index contributed by atoms with van der Waals surface area (Å²) in [4.78, 5) is 23.7. The lowest BCUT2D eigenvalue weighted by molar-refractivity contribution is -0.120. The summed E-state index contributed by atoms with van der Waals surface area (Å²) in [7, 11) is 3.75. The molecule has 26 heavy (non-hydrogen) atoms. The molecule has 1 saturated heterocycles. The molecule has 0 aliphatic carbocycles. The Bertz CT molecular complexity index is 778. The smallest absolute Gasteiger partial charge is 0.224 e. The highest BCUT2D eigenvalue weighted by atomic mass is 16.5. The SMILES string of the molecule is COc1cccc(CC(=O)NCc2cnc(C)nc2[C@H]2CCCN2C)c1. The van der Waals surface area contributed by atoms with E-state index in [4.69, 9.17) is 4.74 Å². The molecule has 0 bridgehead atoms. The normalized spacial score (nSPS) is 17.3. The zero-order valence-electron chi connectivity index (χ0n) is 15.7. The average Bonchev–Trinajstić information content (AvgIpc) is 3.06. The second kappa shape index (κ2) is 8.27. The standard InChI is InChI=1S/C20H26N4O2/c1-14-21-12-16(20(23-14)18-8-5-9-24(18)2)13-22-19(25)11-15-6-4-7-17(10-15)26-3/h4,6-7,10,12,18H,5,8-9,11,13H2,1-3H3,(H,22,25)/t18-/m1/s1. The van der Waals surface area contributed by atoms with E-state index < -0.39 is 0 Å². The molecular formula is C20H26N4O2. The van der Waals surface area contributed by atoms with Gasteiger partial charge in [-0.3, -0.25) is 9.69 Å². The summed E-state index contributed by atoms with van der Waals surface area (Å²) < 4.78 is 5.21. The molecule has 2 aromatic rings. The van der Waals surface area contributed by atoms with Crippen LogP contribution in [0.15, 0.2) is 30.5 Å². The van der Waals surface area contributed by atoms with Gasteiger partial charge in [-0.05, 0) is 51.1 Å². The predicted octanol–water partition coefficient (Wildman–Crippen LogP) is 2.42. The first-order valence-electron chi connectivity index (χ1n) is 8.99. The van der Waals surface area contributed by atoms with E-state index in [1.807, 2.05) is 37.4 Å². The van der Waals surface area contributed by atoms with Gasteiger partial charge in [0.05, 0.1) is 25.3 Å². The van der Waals surface area contributed by atoms with Crippen LogP contribution in [0.25, 0.3) is 0 Å². The summed E-state index contributed by atoms with van der Waals surface area (Å²) in [6.45, 7) is 3.43. The highest BCUT2D eigenvalue weighted by Gasteiger charge is 2.26. The number of nitrogens with one attached hydrogen (secondary N) is 1. The van der Waals surface area contributed by atoms with E-state index in [1.165, 1.54) is 6.42 Å². The van der Waals surface area contributed by atoms with Crippen LogP contribution in [0.5, 0.6) is 5.75 Å².